The van der Waals surface area contributed by atoms with Crippen molar-refractivity contribution >= 4 is 5.97 Å². The molecule has 1 aromatic heterocycles. The van der Waals surface area contributed by atoms with Gasteiger partial charge in [-0.3, -0.25) is 5.01 Å². The van der Waals surface area contributed by atoms with Crippen LogP contribution in [0.2, 0.25) is 0 Å². The molecule has 2 heterocycles. The number of ether oxygens (including phenoxy) is 1. The Morgan fingerprint density at radius 3 is 2.38 bits per heavy atom. The standard InChI is InChI=1S/C29H28N4O4/c1-20-25(30-28(37-20)23-10-6-3-7-11-23)16-17-36-24-14-12-21(13-15-24)18-26-27(29(34)35)33(32-31-26)19-22-8-4-2-5-9-22/h2-15,31-32H,16-19H2,1H3,(H,34,35). The highest BCUT2D eigenvalue weighted by molar-refractivity contribution is 5.87. The molecule has 1 aliphatic rings. The third-order valence-corrected chi connectivity index (χ3v) is 6.11. The summed E-state index contributed by atoms with van der Waals surface area (Å²) in [6.45, 7) is 2.81. The third-order valence-electron chi connectivity index (χ3n) is 6.11. The van der Waals surface area contributed by atoms with Crippen molar-refractivity contribution in [2.45, 2.75) is 26.3 Å². The fourth-order valence-electron chi connectivity index (χ4n) is 4.21. The lowest BCUT2D eigenvalue weighted by molar-refractivity contribution is -0.134. The molecule has 0 spiro atoms. The lowest BCUT2D eigenvalue weighted by Gasteiger charge is -2.18. The van der Waals surface area contributed by atoms with E-state index in [1.54, 1.807) is 5.01 Å². The summed E-state index contributed by atoms with van der Waals surface area (Å²) in [5, 5.41) is 11.4. The molecule has 5 rings (SSSR count). The molecule has 3 N–H and O–H groups in total. The van der Waals surface area contributed by atoms with Gasteiger partial charge >= 0.3 is 5.97 Å². The third kappa shape index (κ3) is 5.82. The highest BCUT2D eigenvalue weighted by Gasteiger charge is 2.27. The molecule has 1 aliphatic heterocycles. The predicted molar refractivity (Wildman–Crippen MR) is 139 cm³/mol. The number of hydrogen-bond donors (Lipinski definition) is 3. The number of carboxylic acids is 1. The van der Waals surface area contributed by atoms with Crippen LogP contribution >= 0.6 is 0 Å². The number of rotatable bonds is 10. The Morgan fingerprint density at radius 2 is 1.68 bits per heavy atom. The first kappa shape index (κ1) is 24.1. The molecule has 0 saturated heterocycles. The van der Waals surface area contributed by atoms with Gasteiger partial charge in [-0.1, -0.05) is 60.7 Å². The van der Waals surface area contributed by atoms with E-state index in [0.29, 0.717) is 37.6 Å². The van der Waals surface area contributed by atoms with E-state index in [0.717, 1.165) is 33.9 Å². The molecule has 0 fully saturated rings. The number of hydrazine groups is 2. The van der Waals surface area contributed by atoms with E-state index in [9.17, 15) is 9.90 Å². The number of carbonyl (C=O) groups is 1. The summed E-state index contributed by atoms with van der Waals surface area (Å²) in [6.07, 6.45) is 1.08. The molecule has 0 aliphatic carbocycles. The van der Waals surface area contributed by atoms with Gasteiger partial charge in [-0.25, -0.2) is 9.78 Å². The Bertz CT molecular complexity index is 1380. The van der Waals surface area contributed by atoms with Gasteiger partial charge in [0.2, 0.25) is 5.89 Å². The fraction of sp³-hybridized carbons (Fsp3) is 0.172. The van der Waals surface area contributed by atoms with Gasteiger partial charge in [0, 0.05) is 18.4 Å². The number of hydrogen-bond acceptors (Lipinski definition) is 7. The molecular formula is C29H28N4O4. The summed E-state index contributed by atoms with van der Waals surface area (Å²) in [4.78, 5) is 16.6. The zero-order valence-corrected chi connectivity index (χ0v) is 20.5. The van der Waals surface area contributed by atoms with Crippen LogP contribution in [-0.4, -0.2) is 27.7 Å². The van der Waals surface area contributed by atoms with Gasteiger partial charge in [0.05, 0.1) is 24.5 Å². The first-order chi connectivity index (χ1) is 18.1. The second-order valence-electron chi connectivity index (χ2n) is 8.75. The molecule has 0 radical (unpaired) electrons. The molecular weight excluding hydrogens is 468 g/mol. The molecule has 188 valence electrons. The first-order valence-corrected chi connectivity index (χ1v) is 12.1. The van der Waals surface area contributed by atoms with E-state index in [1.165, 1.54) is 0 Å². The van der Waals surface area contributed by atoms with Crippen molar-refractivity contribution in [3.8, 4) is 17.2 Å². The Morgan fingerprint density at radius 1 is 0.973 bits per heavy atom. The van der Waals surface area contributed by atoms with E-state index in [1.807, 2.05) is 91.9 Å². The number of allylic oxidation sites excluding steroid dienone is 1. The Balaban J connectivity index is 1.18. The Hall–Kier alpha value is -4.56. The number of carboxylic acid groups (broad SMARTS) is 1. The van der Waals surface area contributed by atoms with Crippen molar-refractivity contribution < 1.29 is 19.1 Å². The van der Waals surface area contributed by atoms with Crippen LogP contribution in [0.25, 0.3) is 11.5 Å². The van der Waals surface area contributed by atoms with Crippen molar-refractivity contribution in [2.24, 2.45) is 0 Å². The molecule has 0 atom stereocenters. The largest absolute Gasteiger partial charge is 0.493 e. The van der Waals surface area contributed by atoms with E-state index < -0.39 is 5.97 Å². The smallest absolute Gasteiger partial charge is 0.355 e. The SMILES string of the molecule is Cc1oc(-c2ccccc2)nc1CCOc1ccc(CC2=C(C(=O)O)N(Cc3ccccc3)NN2)cc1. The minimum absolute atomic E-state index is 0.210. The second-order valence-corrected chi connectivity index (χ2v) is 8.75. The van der Waals surface area contributed by atoms with Crippen LogP contribution in [0.15, 0.2) is 101 Å². The Labute approximate surface area is 215 Å². The van der Waals surface area contributed by atoms with Crippen molar-refractivity contribution in [1.29, 1.82) is 0 Å². The van der Waals surface area contributed by atoms with Gasteiger partial charge in [0.25, 0.3) is 0 Å². The summed E-state index contributed by atoms with van der Waals surface area (Å²) in [5.74, 6) is 1.16. The molecule has 0 amide bonds. The summed E-state index contributed by atoms with van der Waals surface area (Å²) >= 11 is 0. The highest BCUT2D eigenvalue weighted by Crippen LogP contribution is 2.23. The van der Waals surface area contributed by atoms with Crippen LogP contribution in [0.3, 0.4) is 0 Å². The quantitative estimate of drug-likeness (QED) is 0.292. The molecule has 8 heteroatoms. The first-order valence-electron chi connectivity index (χ1n) is 12.1. The number of aliphatic carboxylic acids is 1. The minimum atomic E-state index is -0.984. The van der Waals surface area contributed by atoms with Crippen LogP contribution in [0.4, 0.5) is 0 Å². The average molecular weight is 497 g/mol. The average Bonchev–Trinajstić information content (AvgIpc) is 3.49. The van der Waals surface area contributed by atoms with Crippen molar-refractivity contribution in [3.05, 3.63) is 119 Å². The fourth-order valence-corrected chi connectivity index (χ4v) is 4.21. The number of oxazole rings is 1. The van der Waals surface area contributed by atoms with Crippen LogP contribution in [0.1, 0.15) is 22.6 Å². The lowest BCUT2D eigenvalue weighted by atomic mass is 10.1. The van der Waals surface area contributed by atoms with Gasteiger partial charge in [0.1, 0.15) is 11.5 Å². The normalized spacial score (nSPS) is 13.1. The monoisotopic (exact) mass is 496 g/mol. The molecule has 0 saturated carbocycles. The number of aromatic nitrogens is 1. The maximum absolute atomic E-state index is 12.0. The van der Waals surface area contributed by atoms with Gasteiger partial charge in [-0.2, -0.15) is 0 Å². The Kier molecular flexibility index (Phi) is 7.19. The number of benzene rings is 3. The second kappa shape index (κ2) is 11.0. The number of nitrogens with zero attached hydrogens (tertiary/aromatic N) is 2. The summed E-state index contributed by atoms with van der Waals surface area (Å²) in [6, 6.07) is 27.2. The maximum Gasteiger partial charge on any atom is 0.355 e. The molecule has 37 heavy (non-hydrogen) atoms. The van der Waals surface area contributed by atoms with Gasteiger partial charge in [-0.05, 0) is 42.3 Å². The van der Waals surface area contributed by atoms with Crippen molar-refractivity contribution in [3.63, 3.8) is 0 Å². The zero-order valence-electron chi connectivity index (χ0n) is 20.5. The van der Waals surface area contributed by atoms with Gasteiger partial charge in [0.15, 0.2) is 5.70 Å². The minimum Gasteiger partial charge on any atom is -0.493 e. The van der Waals surface area contributed by atoms with E-state index in [2.05, 4.69) is 15.9 Å². The lowest BCUT2D eigenvalue weighted by Crippen LogP contribution is -2.38. The molecule has 8 nitrogen and oxygen atoms in total. The molecule has 3 aromatic carbocycles. The van der Waals surface area contributed by atoms with Gasteiger partial charge in [-0.15, -0.1) is 5.53 Å². The van der Waals surface area contributed by atoms with Crippen molar-refractivity contribution in [2.75, 3.05) is 6.61 Å². The van der Waals surface area contributed by atoms with E-state index in [-0.39, 0.29) is 5.70 Å². The topological polar surface area (TPSA) is 99.9 Å². The zero-order chi connectivity index (χ0) is 25.6. The summed E-state index contributed by atoms with van der Waals surface area (Å²) < 4.78 is 11.7. The predicted octanol–water partition coefficient (Wildman–Crippen LogP) is 4.64. The van der Waals surface area contributed by atoms with Crippen LogP contribution in [-0.2, 0) is 24.2 Å². The van der Waals surface area contributed by atoms with Crippen LogP contribution in [0.5, 0.6) is 5.75 Å². The van der Waals surface area contributed by atoms with E-state index in [4.69, 9.17) is 9.15 Å². The van der Waals surface area contributed by atoms with Crippen LogP contribution < -0.4 is 15.7 Å². The van der Waals surface area contributed by atoms with Crippen LogP contribution in [0, 0.1) is 6.92 Å². The molecule has 0 bridgehead atoms. The number of aryl methyl sites for hydroxylation is 1. The highest BCUT2D eigenvalue weighted by atomic mass is 16.5. The number of nitrogens with one attached hydrogen (secondary N) is 2. The van der Waals surface area contributed by atoms with Gasteiger partial charge < -0.3 is 19.7 Å². The molecule has 0 unspecified atom stereocenters. The van der Waals surface area contributed by atoms with E-state index >= 15 is 0 Å². The maximum atomic E-state index is 12.0. The molecule has 4 aromatic rings. The summed E-state index contributed by atoms with van der Waals surface area (Å²) in [7, 11) is 0. The summed E-state index contributed by atoms with van der Waals surface area (Å²) in [5.41, 5.74) is 10.6. The van der Waals surface area contributed by atoms with Crippen molar-refractivity contribution in [1.82, 2.24) is 21.0 Å².